The fourth-order valence-electron chi connectivity index (χ4n) is 11.9. The second-order valence-electron chi connectivity index (χ2n) is 25.6. The molecule has 1 amide bonds. The van der Waals surface area contributed by atoms with E-state index in [1.54, 1.807) is 0 Å². The lowest BCUT2D eigenvalue weighted by Gasteiger charge is -2.22. The van der Waals surface area contributed by atoms with Crippen LogP contribution in [0.15, 0.2) is 24.3 Å². The average Bonchev–Trinajstić information content (AvgIpc) is 3.47. The Labute approximate surface area is 507 Å². The van der Waals surface area contributed by atoms with Gasteiger partial charge in [-0.15, -0.1) is 0 Å². The van der Waals surface area contributed by atoms with Crippen molar-refractivity contribution in [3.63, 3.8) is 0 Å². The Kier molecular flexibility index (Phi) is 69.4. The summed E-state index contributed by atoms with van der Waals surface area (Å²) in [5.74, 6) is -0.0225. The SMILES string of the molecule is CCC/C=C\C/C=C\CCCCCCCC(=O)OCCCCCCCCCCCCCCCCCCCCCCCCCCCCCCC(=O)NC(CO)C(O)CCCCCCCCCCCCCCCCCCCCCCCCC. The van der Waals surface area contributed by atoms with Crippen molar-refractivity contribution in [3.05, 3.63) is 24.3 Å². The molecule has 3 N–H and O–H groups in total. The zero-order valence-electron chi connectivity index (χ0n) is 55.0. The van der Waals surface area contributed by atoms with Crippen molar-refractivity contribution in [2.75, 3.05) is 13.2 Å². The lowest BCUT2D eigenvalue weighted by Crippen LogP contribution is -2.45. The molecule has 0 aromatic heterocycles. The highest BCUT2D eigenvalue weighted by molar-refractivity contribution is 5.76. The van der Waals surface area contributed by atoms with Gasteiger partial charge >= 0.3 is 5.97 Å². The van der Waals surface area contributed by atoms with Gasteiger partial charge in [0.2, 0.25) is 5.91 Å². The largest absolute Gasteiger partial charge is 0.466 e. The third-order valence-corrected chi connectivity index (χ3v) is 17.5. The van der Waals surface area contributed by atoms with E-state index in [2.05, 4.69) is 43.5 Å². The molecule has 0 heterocycles. The molecule has 0 radical (unpaired) electrons. The first kappa shape index (κ1) is 79.3. The van der Waals surface area contributed by atoms with E-state index in [0.717, 1.165) is 51.4 Å². The maximum Gasteiger partial charge on any atom is 0.305 e. The Hall–Kier alpha value is -1.66. The molecule has 0 aromatic rings. The summed E-state index contributed by atoms with van der Waals surface area (Å²) in [5.41, 5.74) is 0. The first-order valence-corrected chi connectivity index (χ1v) is 37.1. The van der Waals surface area contributed by atoms with Crippen LogP contribution in [-0.4, -0.2) is 47.4 Å². The van der Waals surface area contributed by atoms with Crippen LogP contribution >= 0.6 is 0 Å². The van der Waals surface area contributed by atoms with Crippen molar-refractivity contribution < 1.29 is 24.5 Å². The van der Waals surface area contributed by atoms with E-state index in [9.17, 15) is 19.8 Å². The first-order valence-electron chi connectivity index (χ1n) is 37.1. The quantitative estimate of drug-likeness (QED) is 0.0320. The number of allylic oxidation sites excluding steroid dienone is 4. The van der Waals surface area contributed by atoms with Gasteiger partial charge in [0.15, 0.2) is 0 Å². The van der Waals surface area contributed by atoms with E-state index in [1.807, 2.05) is 0 Å². The van der Waals surface area contributed by atoms with Crippen molar-refractivity contribution in [1.29, 1.82) is 0 Å². The Morgan fingerprint density at radius 2 is 0.642 bits per heavy atom. The highest BCUT2D eigenvalue weighted by atomic mass is 16.5. The molecular formula is C75H145NO5. The summed E-state index contributed by atoms with van der Waals surface area (Å²) in [7, 11) is 0. The minimum atomic E-state index is -0.663. The van der Waals surface area contributed by atoms with E-state index in [4.69, 9.17) is 4.74 Å². The highest BCUT2D eigenvalue weighted by Gasteiger charge is 2.20. The van der Waals surface area contributed by atoms with Crippen LogP contribution in [0.3, 0.4) is 0 Å². The maximum absolute atomic E-state index is 12.6. The number of ether oxygens (including phenoxy) is 1. The topological polar surface area (TPSA) is 95.9 Å². The van der Waals surface area contributed by atoms with E-state index in [1.165, 1.54) is 334 Å². The average molecular weight is 1140 g/mol. The molecule has 81 heavy (non-hydrogen) atoms. The minimum Gasteiger partial charge on any atom is -0.466 e. The maximum atomic E-state index is 12.6. The molecule has 0 spiro atoms. The van der Waals surface area contributed by atoms with Gasteiger partial charge in [-0.05, 0) is 51.4 Å². The van der Waals surface area contributed by atoms with Crippen molar-refractivity contribution >= 4 is 11.9 Å². The number of amides is 1. The molecule has 0 saturated heterocycles. The second-order valence-corrected chi connectivity index (χ2v) is 25.6. The number of hydrogen-bond donors (Lipinski definition) is 3. The summed E-state index contributed by atoms with van der Waals surface area (Å²) < 4.78 is 5.48. The molecule has 0 fully saturated rings. The zero-order valence-corrected chi connectivity index (χ0v) is 55.0. The molecule has 480 valence electrons. The third-order valence-electron chi connectivity index (χ3n) is 17.5. The van der Waals surface area contributed by atoms with Gasteiger partial charge < -0.3 is 20.3 Å². The van der Waals surface area contributed by atoms with Crippen molar-refractivity contribution in [1.82, 2.24) is 5.32 Å². The molecule has 6 nitrogen and oxygen atoms in total. The van der Waals surface area contributed by atoms with Crippen LogP contribution in [0, 0.1) is 0 Å². The van der Waals surface area contributed by atoms with Crippen LogP contribution in [0.1, 0.15) is 418 Å². The van der Waals surface area contributed by atoms with E-state index in [0.29, 0.717) is 25.9 Å². The molecule has 0 aliphatic carbocycles. The number of unbranched alkanes of at least 4 members (excludes halogenated alkanes) is 55. The number of nitrogens with one attached hydrogen (secondary N) is 1. The van der Waals surface area contributed by atoms with Crippen LogP contribution < -0.4 is 5.32 Å². The molecule has 2 unspecified atom stereocenters. The number of hydrogen-bond acceptors (Lipinski definition) is 5. The molecule has 0 aliphatic heterocycles. The van der Waals surface area contributed by atoms with E-state index >= 15 is 0 Å². The molecule has 2 atom stereocenters. The highest BCUT2D eigenvalue weighted by Crippen LogP contribution is 2.20. The molecule has 0 aliphatic rings. The van der Waals surface area contributed by atoms with Gasteiger partial charge in [0.05, 0.1) is 25.4 Å². The van der Waals surface area contributed by atoms with Gasteiger partial charge in [0, 0.05) is 12.8 Å². The normalized spacial score (nSPS) is 12.6. The van der Waals surface area contributed by atoms with Crippen LogP contribution in [0.5, 0.6) is 0 Å². The van der Waals surface area contributed by atoms with Gasteiger partial charge in [-0.2, -0.15) is 0 Å². The standard InChI is InChI=1S/C75H145NO5/c1-3-5-7-9-11-13-15-17-18-19-20-21-28-31-34-37-40-44-47-51-55-59-63-67-73(78)72(71-77)76-74(79)68-64-60-56-52-48-45-41-38-35-32-29-26-24-22-23-25-27-30-33-36-39-42-46-50-54-58-62-66-70-81-75(80)69-65-61-57-53-49-43-16-14-12-10-8-6-4-2/h8,10,14,16,72-73,77-78H,3-7,9,11-13,15,17-71H2,1-2H3,(H,76,79)/b10-8-,16-14-. The predicted molar refractivity (Wildman–Crippen MR) is 356 cm³/mol. The molecule has 0 aromatic carbocycles. The summed E-state index contributed by atoms with van der Waals surface area (Å²) in [6, 6.07) is -0.540. The monoisotopic (exact) mass is 1140 g/mol. The summed E-state index contributed by atoms with van der Waals surface area (Å²) >= 11 is 0. The molecular weight excluding hydrogens is 995 g/mol. The number of esters is 1. The van der Waals surface area contributed by atoms with Gasteiger partial charge in [-0.25, -0.2) is 0 Å². The summed E-state index contributed by atoms with van der Waals surface area (Å²) in [6.07, 6.45) is 89.6. The lowest BCUT2D eigenvalue weighted by atomic mass is 10.0. The van der Waals surface area contributed by atoms with E-state index in [-0.39, 0.29) is 18.5 Å². The number of aliphatic hydroxyl groups excluding tert-OH is 2. The number of aliphatic hydroxyl groups is 2. The Balaban J connectivity index is 3.35. The van der Waals surface area contributed by atoms with Gasteiger partial charge in [-0.3, -0.25) is 9.59 Å². The van der Waals surface area contributed by atoms with Crippen LogP contribution in [0.4, 0.5) is 0 Å². The van der Waals surface area contributed by atoms with Gasteiger partial charge in [0.1, 0.15) is 0 Å². The predicted octanol–water partition coefficient (Wildman–Crippen LogP) is 24.1. The summed E-state index contributed by atoms with van der Waals surface area (Å²) in [4.78, 5) is 24.6. The number of carbonyl (C=O) groups excluding carboxylic acids is 2. The Morgan fingerprint density at radius 3 is 0.988 bits per heavy atom. The Morgan fingerprint density at radius 1 is 0.346 bits per heavy atom. The molecule has 6 heteroatoms. The number of carbonyl (C=O) groups is 2. The smallest absolute Gasteiger partial charge is 0.305 e. The third kappa shape index (κ3) is 67.3. The van der Waals surface area contributed by atoms with Gasteiger partial charge in [-0.1, -0.05) is 378 Å². The Bertz CT molecular complexity index is 1270. The fraction of sp³-hybridized carbons (Fsp3) is 0.920. The van der Waals surface area contributed by atoms with Crippen molar-refractivity contribution in [3.8, 4) is 0 Å². The lowest BCUT2D eigenvalue weighted by molar-refractivity contribution is -0.143. The zero-order chi connectivity index (χ0) is 58.5. The number of rotatable bonds is 70. The molecule has 0 bridgehead atoms. The van der Waals surface area contributed by atoms with E-state index < -0.39 is 12.1 Å². The van der Waals surface area contributed by atoms with Crippen molar-refractivity contribution in [2.24, 2.45) is 0 Å². The second kappa shape index (κ2) is 70.8. The molecule has 0 saturated carbocycles. The minimum absolute atomic E-state index is 0.00424. The van der Waals surface area contributed by atoms with Crippen molar-refractivity contribution in [2.45, 2.75) is 431 Å². The van der Waals surface area contributed by atoms with Crippen LogP contribution in [-0.2, 0) is 14.3 Å². The van der Waals surface area contributed by atoms with Gasteiger partial charge in [0.25, 0.3) is 0 Å². The fourth-order valence-corrected chi connectivity index (χ4v) is 11.9. The summed E-state index contributed by atoms with van der Waals surface area (Å²) in [6.45, 7) is 4.93. The van der Waals surface area contributed by atoms with Crippen LogP contribution in [0.2, 0.25) is 0 Å². The summed E-state index contributed by atoms with van der Waals surface area (Å²) in [5, 5.41) is 23.5. The van der Waals surface area contributed by atoms with Crippen LogP contribution in [0.25, 0.3) is 0 Å². The molecule has 0 rings (SSSR count). The first-order chi connectivity index (χ1) is 40.0.